The molecule has 3 aromatic rings. The quantitative estimate of drug-likeness (QED) is 0.515. The van der Waals surface area contributed by atoms with Gasteiger partial charge in [-0.2, -0.15) is 0 Å². The number of amides is 1. The molecule has 2 aromatic carbocycles. The Kier molecular flexibility index (Phi) is 6.09. The van der Waals surface area contributed by atoms with E-state index in [0.29, 0.717) is 35.9 Å². The summed E-state index contributed by atoms with van der Waals surface area (Å²) in [5, 5.41) is 13.3. The number of phenolic OH excluding ortho intramolecular Hbond substituents is 1. The third kappa shape index (κ3) is 4.64. The predicted molar refractivity (Wildman–Crippen MR) is 120 cm³/mol. The highest BCUT2D eigenvalue weighted by molar-refractivity contribution is 6.32. The number of hydrogen-bond acceptors (Lipinski definition) is 4. The van der Waals surface area contributed by atoms with Gasteiger partial charge in [-0.15, -0.1) is 0 Å². The van der Waals surface area contributed by atoms with Gasteiger partial charge >= 0.3 is 0 Å². The number of aromatic nitrogens is 1. The van der Waals surface area contributed by atoms with Gasteiger partial charge in [0.25, 0.3) is 5.91 Å². The van der Waals surface area contributed by atoms with Crippen LogP contribution in [0.25, 0.3) is 0 Å². The molecule has 1 aliphatic rings. The number of nitrogens with one attached hydrogen (secondary N) is 1. The van der Waals surface area contributed by atoms with Crippen LogP contribution >= 0.6 is 11.6 Å². The molecule has 1 aliphatic heterocycles. The number of carbonyl (C=O) groups excluding carboxylic acids is 1. The van der Waals surface area contributed by atoms with Crippen LogP contribution in [0, 0.1) is 12.7 Å². The van der Waals surface area contributed by atoms with Crippen molar-refractivity contribution < 1.29 is 14.3 Å². The first-order chi connectivity index (χ1) is 14.9. The third-order valence-electron chi connectivity index (χ3n) is 5.74. The number of pyridine rings is 1. The molecule has 1 amide bonds. The number of hydrogen-bond donors (Lipinski definition) is 2. The maximum Gasteiger partial charge on any atom is 0.257 e. The van der Waals surface area contributed by atoms with Crippen molar-refractivity contribution >= 4 is 28.9 Å². The lowest BCUT2D eigenvalue weighted by molar-refractivity contribution is 0.0713. The predicted octanol–water partition coefficient (Wildman–Crippen LogP) is 5.65. The summed E-state index contributed by atoms with van der Waals surface area (Å²) in [6.45, 7) is 3.10. The molecule has 4 rings (SSSR count). The first kappa shape index (κ1) is 21.1. The van der Waals surface area contributed by atoms with Gasteiger partial charge in [0.2, 0.25) is 0 Å². The summed E-state index contributed by atoms with van der Waals surface area (Å²) in [7, 11) is 0. The first-order valence-electron chi connectivity index (χ1n) is 10.2. The summed E-state index contributed by atoms with van der Waals surface area (Å²) in [5.41, 5.74) is 3.73. The van der Waals surface area contributed by atoms with Crippen molar-refractivity contribution in [2.24, 2.45) is 0 Å². The van der Waals surface area contributed by atoms with Crippen LogP contribution in [0.3, 0.4) is 0 Å². The average molecular weight is 440 g/mol. The van der Waals surface area contributed by atoms with Crippen LogP contribution in [-0.4, -0.2) is 34.0 Å². The second kappa shape index (κ2) is 8.94. The summed E-state index contributed by atoms with van der Waals surface area (Å²) in [6, 6.07) is 11.6. The zero-order valence-corrected chi connectivity index (χ0v) is 17.9. The monoisotopic (exact) mass is 439 g/mol. The van der Waals surface area contributed by atoms with Crippen LogP contribution in [0.2, 0.25) is 5.02 Å². The molecule has 2 N–H and O–H groups in total. The lowest BCUT2D eigenvalue weighted by Gasteiger charge is -2.32. The fraction of sp³-hybridized carbons (Fsp3) is 0.250. The zero-order valence-electron chi connectivity index (χ0n) is 17.1. The van der Waals surface area contributed by atoms with E-state index in [0.717, 1.165) is 24.0 Å². The van der Waals surface area contributed by atoms with E-state index < -0.39 is 0 Å². The minimum absolute atomic E-state index is 0.0137. The molecule has 5 nitrogen and oxygen atoms in total. The number of aromatic hydroxyl groups is 1. The van der Waals surface area contributed by atoms with Gasteiger partial charge < -0.3 is 15.3 Å². The molecule has 0 atom stereocenters. The molecule has 0 unspecified atom stereocenters. The molecule has 2 heterocycles. The van der Waals surface area contributed by atoms with Crippen molar-refractivity contribution in [2.75, 3.05) is 18.4 Å². The third-order valence-corrected chi connectivity index (χ3v) is 6.04. The number of aryl methyl sites for hydroxylation is 1. The van der Waals surface area contributed by atoms with Crippen molar-refractivity contribution in [1.82, 2.24) is 9.88 Å². The Hall–Kier alpha value is -3.12. The van der Waals surface area contributed by atoms with Crippen molar-refractivity contribution in [3.05, 3.63) is 82.4 Å². The number of piperidine rings is 1. The molecule has 0 saturated carbocycles. The standard InChI is InChI=1S/C24H23ClFN3O2/c1-15-12-23(30)20(25)13-22(15)28-21-6-9-27-14-19(21)24(31)29-10-7-17(8-11-29)16-2-4-18(26)5-3-16/h2-6,9,12-14,17,30H,7-8,10-11H2,1H3,(H,27,28). The van der Waals surface area contributed by atoms with Crippen LogP contribution in [0.5, 0.6) is 5.75 Å². The molecule has 7 heteroatoms. The Balaban J connectivity index is 1.49. The molecule has 1 aromatic heterocycles. The zero-order chi connectivity index (χ0) is 22.0. The van der Waals surface area contributed by atoms with Gasteiger partial charge in [-0.25, -0.2) is 4.39 Å². The fourth-order valence-electron chi connectivity index (χ4n) is 3.94. The van der Waals surface area contributed by atoms with E-state index in [-0.39, 0.29) is 22.5 Å². The van der Waals surface area contributed by atoms with Crippen molar-refractivity contribution in [3.63, 3.8) is 0 Å². The number of rotatable bonds is 4. The molecule has 1 saturated heterocycles. The molecule has 0 spiro atoms. The summed E-state index contributed by atoms with van der Waals surface area (Å²) < 4.78 is 13.2. The highest BCUT2D eigenvalue weighted by atomic mass is 35.5. The lowest BCUT2D eigenvalue weighted by atomic mass is 9.89. The van der Waals surface area contributed by atoms with Crippen LogP contribution < -0.4 is 5.32 Å². The fourth-order valence-corrected chi connectivity index (χ4v) is 4.10. The highest BCUT2D eigenvalue weighted by Gasteiger charge is 2.26. The van der Waals surface area contributed by atoms with Crippen molar-refractivity contribution in [2.45, 2.75) is 25.7 Å². The number of nitrogens with zero attached hydrogens (tertiary/aromatic N) is 2. The van der Waals surface area contributed by atoms with E-state index >= 15 is 0 Å². The molecule has 31 heavy (non-hydrogen) atoms. The minimum atomic E-state index is -0.238. The van der Waals surface area contributed by atoms with E-state index in [2.05, 4.69) is 10.3 Å². The molecular formula is C24H23ClFN3O2. The van der Waals surface area contributed by atoms with Gasteiger partial charge in [-0.05, 0) is 67.1 Å². The number of halogens is 2. The Morgan fingerprint density at radius 2 is 1.87 bits per heavy atom. The maximum atomic E-state index is 13.2. The molecular weight excluding hydrogens is 417 g/mol. The normalized spacial score (nSPS) is 14.5. The Morgan fingerprint density at radius 3 is 2.58 bits per heavy atom. The van der Waals surface area contributed by atoms with Gasteiger partial charge in [0.15, 0.2) is 0 Å². The second-order valence-corrected chi connectivity index (χ2v) is 8.19. The molecule has 0 bridgehead atoms. The molecule has 1 fully saturated rings. The summed E-state index contributed by atoms with van der Waals surface area (Å²) in [5.74, 6) is 0.00603. The Bertz CT molecular complexity index is 1100. The van der Waals surface area contributed by atoms with Gasteiger partial charge in [-0.3, -0.25) is 9.78 Å². The van der Waals surface area contributed by atoms with E-state index in [1.165, 1.54) is 12.1 Å². The van der Waals surface area contributed by atoms with E-state index in [4.69, 9.17) is 11.6 Å². The summed E-state index contributed by atoms with van der Waals surface area (Å²) in [4.78, 5) is 19.2. The maximum absolute atomic E-state index is 13.2. The minimum Gasteiger partial charge on any atom is -0.506 e. The van der Waals surface area contributed by atoms with Crippen LogP contribution in [0.15, 0.2) is 54.9 Å². The van der Waals surface area contributed by atoms with Crippen molar-refractivity contribution in [3.8, 4) is 5.75 Å². The van der Waals surface area contributed by atoms with Gasteiger partial charge in [0.05, 0.1) is 16.3 Å². The van der Waals surface area contributed by atoms with Gasteiger partial charge in [-0.1, -0.05) is 23.7 Å². The Labute approximate surface area is 185 Å². The van der Waals surface area contributed by atoms with E-state index in [9.17, 15) is 14.3 Å². The largest absolute Gasteiger partial charge is 0.506 e. The van der Waals surface area contributed by atoms with Crippen LogP contribution in [0.4, 0.5) is 15.8 Å². The molecule has 160 valence electrons. The number of carbonyl (C=O) groups is 1. The van der Waals surface area contributed by atoms with Gasteiger partial charge in [0, 0.05) is 31.2 Å². The lowest BCUT2D eigenvalue weighted by Crippen LogP contribution is -2.38. The van der Waals surface area contributed by atoms with Crippen molar-refractivity contribution in [1.29, 1.82) is 0 Å². The van der Waals surface area contributed by atoms with Gasteiger partial charge in [0.1, 0.15) is 11.6 Å². The Morgan fingerprint density at radius 1 is 1.16 bits per heavy atom. The smallest absolute Gasteiger partial charge is 0.257 e. The SMILES string of the molecule is Cc1cc(O)c(Cl)cc1Nc1ccncc1C(=O)N1CCC(c2ccc(F)cc2)CC1. The second-order valence-electron chi connectivity index (χ2n) is 7.78. The number of phenols is 1. The highest BCUT2D eigenvalue weighted by Crippen LogP contribution is 2.33. The topological polar surface area (TPSA) is 65.5 Å². The van der Waals surface area contributed by atoms with Crippen LogP contribution in [0.1, 0.15) is 40.2 Å². The molecule has 0 radical (unpaired) electrons. The first-order valence-corrected chi connectivity index (χ1v) is 10.5. The number of likely N-dealkylation sites (tertiary alicyclic amines) is 1. The summed E-state index contributed by atoms with van der Waals surface area (Å²) >= 11 is 6.05. The summed E-state index contributed by atoms with van der Waals surface area (Å²) in [6.07, 6.45) is 4.84. The number of anilines is 2. The average Bonchev–Trinajstić information content (AvgIpc) is 2.78. The van der Waals surface area contributed by atoms with E-state index in [1.54, 1.807) is 30.6 Å². The number of benzene rings is 2. The van der Waals surface area contributed by atoms with Crippen LogP contribution in [-0.2, 0) is 0 Å². The van der Waals surface area contributed by atoms with E-state index in [1.807, 2.05) is 24.0 Å². The molecule has 0 aliphatic carbocycles.